The summed E-state index contributed by atoms with van der Waals surface area (Å²) in [6.45, 7) is 2.07. The molecule has 0 saturated carbocycles. The van der Waals surface area contributed by atoms with Crippen molar-refractivity contribution >= 4 is 11.6 Å². The molecular weight excluding hydrogens is 220 g/mol. The van der Waals surface area contributed by atoms with Crippen molar-refractivity contribution < 1.29 is 5.11 Å². The second kappa shape index (κ2) is 4.58. The number of aryl methyl sites for hydroxylation is 1. The van der Waals surface area contributed by atoms with Gasteiger partial charge in [0.2, 0.25) is 0 Å². The zero-order valence-corrected chi connectivity index (χ0v) is 9.83. The van der Waals surface area contributed by atoms with Gasteiger partial charge in [-0.3, -0.25) is 0 Å². The fourth-order valence-corrected chi connectivity index (χ4v) is 1.94. The number of phenols is 1. The maximum Gasteiger partial charge on any atom is 0.142 e. The highest BCUT2D eigenvalue weighted by atomic mass is 35.5. The quantitative estimate of drug-likeness (QED) is 0.820. The maximum atomic E-state index is 9.94. The highest BCUT2D eigenvalue weighted by Crippen LogP contribution is 2.36. The molecule has 0 unspecified atom stereocenters. The van der Waals surface area contributed by atoms with Crippen molar-refractivity contribution in [1.29, 1.82) is 0 Å². The Bertz CT molecular complexity index is 492. The van der Waals surface area contributed by atoms with Crippen LogP contribution in [0.4, 0.5) is 0 Å². The van der Waals surface area contributed by atoms with Crippen LogP contribution in [0.5, 0.6) is 5.75 Å². The normalized spacial score (nSPS) is 10.4. The van der Waals surface area contributed by atoms with Gasteiger partial charge < -0.3 is 5.11 Å². The number of benzene rings is 2. The molecule has 2 heteroatoms. The highest BCUT2D eigenvalue weighted by molar-refractivity contribution is 6.32. The summed E-state index contributed by atoms with van der Waals surface area (Å²) >= 11 is 6.00. The van der Waals surface area contributed by atoms with Crippen LogP contribution in [0.3, 0.4) is 0 Å². The molecule has 0 spiro atoms. The SMILES string of the molecule is CCc1cc(Cl)c(O)c(-c2ccccc2)c1. The minimum Gasteiger partial charge on any atom is -0.506 e. The molecule has 0 fully saturated rings. The Hall–Kier alpha value is -1.47. The van der Waals surface area contributed by atoms with Crippen molar-refractivity contribution in [1.82, 2.24) is 0 Å². The van der Waals surface area contributed by atoms with Gasteiger partial charge in [0.1, 0.15) is 5.75 Å². The van der Waals surface area contributed by atoms with E-state index in [4.69, 9.17) is 11.6 Å². The van der Waals surface area contributed by atoms with Crippen LogP contribution in [-0.4, -0.2) is 5.11 Å². The molecule has 16 heavy (non-hydrogen) atoms. The van der Waals surface area contributed by atoms with E-state index in [0.29, 0.717) is 5.02 Å². The molecule has 0 amide bonds. The number of aromatic hydroxyl groups is 1. The molecule has 0 atom stereocenters. The first-order valence-electron chi connectivity index (χ1n) is 5.29. The van der Waals surface area contributed by atoms with Crippen molar-refractivity contribution in [3.63, 3.8) is 0 Å². The molecule has 2 aromatic carbocycles. The van der Waals surface area contributed by atoms with Crippen LogP contribution in [0, 0.1) is 0 Å². The summed E-state index contributed by atoms with van der Waals surface area (Å²) in [7, 11) is 0. The Morgan fingerprint density at radius 2 is 1.81 bits per heavy atom. The zero-order chi connectivity index (χ0) is 11.5. The van der Waals surface area contributed by atoms with Crippen molar-refractivity contribution in [2.45, 2.75) is 13.3 Å². The summed E-state index contributed by atoms with van der Waals surface area (Å²) in [6.07, 6.45) is 0.903. The number of halogens is 1. The van der Waals surface area contributed by atoms with E-state index in [1.54, 1.807) is 0 Å². The van der Waals surface area contributed by atoms with Crippen LogP contribution in [0.15, 0.2) is 42.5 Å². The van der Waals surface area contributed by atoms with E-state index in [9.17, 15) is 5.11 Å². The summed E-state index contributed by atoms with van der Waals surface area (Å²) in [5, 5.41) is 10.4. The monoisotopic (exact) mass is 232 g/mol. The Balaban J connectivity index is 2.60. The molecule has 82 valence electrons. The Morgan fingerprint density at radius 3 is 2.44 bits per heavy atom. The summed E-state index contributed by atoms with van der Waals surface area (Å²) in [5.74, 6) is 0.157. The summed E-state index contributed by atoms with van der Waals surface area (Å²) in [5.41, 5.74) is 2.91. The highest BCUT2D eigenvalue weighted by Gasteiger charge is 2.09. The predicted molar refractivity (Wildman–Crippen MR) is 67.9 cm³/mol. The first kappa shape index (κ1) is 11.0. The molecule has 0 bridgehead atoms. The van der Waals surface area contributed by atoms with Crippen molar-refractivity contribution in [3.8, 4) is 16.9 Å². The predicted octanol–water partition coefficient (Wildman–Crippen LogP) is 4.28. The van der Waals surface area contributed by atoms with Gasteiger partial charge in [0, 0.05) is 5.56 Å². The molecule has 1 N–H and O–H groups in total. The Kier molecular flexibility index (Phi) is 3.16. The summed E-state index contributed by atoms with van der Waals surface area (Å²) in [4.78, 5) is 0. The van der Waals surface area contributed by atoms with E-state index in [2.05, 4.69) is 6.92 Å². The molecule has 0 aliphatic carbocycles. The lowest BCUT2D eigenvalue weighted by Gasteiger charge is -2.09. The van der Waals surface area contributed by atoms with Gasteiger partial charge in [0.25, 0.3) is 0 Å². The molecule has 0 aliphatic heterocycles. The van der Waals surface area contributed by atoms with E-state index in [1.807, 2.05) is 42.5 Å². The fourth-order valence-electron chi connectivity index (χ4n) is 1.70. The first-order valence-corrected chi connectivity index (χ1v) is 5.67. The van der Waals surface area contributed by atoms with Gasteiger partial charge in [-0.1, -0.05) is 48.9 Å². The van der Waals surface area contributed by atoms with Gasteiger partial charge in [-0.15, -0.1) is 0 Å². The Morgan fingerprint density at radius 1 is 1.12 bits per heavy atom. The van der Waals surface area contributed by atoms with Gasteiger partial charge in [-0.25, -0.2) is 0 Å². The molecular formula is C14H13ClO. The standard InChI is InChI=1S/C14H13ClO/c1-2-10-8-12(14(16)13(15)9-10)11-6-4-3-5-7-11/h3-9,16H,2H2,1H3. The molecule has 0 aromatic heterocycles. The van der Waals surface area contributed by atoms with Gasteiger partial charge in [0.05, 0.1) is 5.02 Å². The third-order valence-corrected chi connectivity index (χ3v) is 2.90. The van der Waals surface area contributed by atoms with Crippen LogP contribution >= 0.6 is 11.6 Å². The minimum atomic E-state index is 0.157. The van der Waals surface area contributed by atoms with Gasteiger partial charge >= 0.3 is 0 Å². The van der Waals surface area contributed by atoms with Crippen LogP contribution in [0.2, 0.25) is 5.02 Å². The molecule has 0 heterocycles. The summed E-state index contributed by atoms with van der Waals surface area (Å²) in [6, 6.07) is 13.6. The molecule has 1 nitrogen and oxygen atoms in total. The summed E-state index contributed by atoms with van der Waals surface area (Å²) < 4.78 is 0. The molecule has 2 aromatic rings. The van der Waals surface area contributed by atoms with E-state index in [0.717, 1.165) is 23.1 Å². The van der Waals surface area contributed by atoms with Crippen LogP contribution in [-0.2, 0) is 6.42 Å². The van der Waals surface area contributed by atoms with Crippen molar-refractivity contribution in [2.24, 2.45) is 0 Å². The van der Waals surface area contributed by atoms with Crippen LogP contribution in [0.25, 0.3) is 11.1 Å². The molecule has 0 saturated heterocycles. The number of phenolic OH excluding ortho intramolecular Hbond substituents is 1. The second-order valence-electron chi connectivity index (χ2n) is 3.69. The average molecular weight is 233 g/mol. The third kappa shape index (κ3) is 2.05. The zero-order valence-electron chi connectivity index (χ0n) is 9.07. The first-order chi connectivity index (χ1) is 7.72. The molecule has 0 radical (unpaired) electrons. The smallest absolute Gasteiger partial charge is 0.142 e. The van der Waals surface area contributed by atoms with Gasteiger partial charge in [-0.05, 0) is 29.7 Å². The van der Waals surface area contributed by atoms with E-state index < -0.39 is 0 Å². The van der Waals surface area contributed by atoms with Crippen molar-refractivity contribution in [3.05, 3.63) is 53.1 Å². The number of hydrogen-bond donors (Lipinski definition) is 1. The van der Waals surface area contributed by atoms with E-state index in [-0.39, 0.29) is 5.75 Å². The topological polar surface area (TPSA) is 20.2 Å². The van der Waals surface area contributed by atoms with Gasteiger partial charge in [0.15, 0.2) is 0 Å². The molecule has 0 aliphatic rings. The molecule has 2 rings (SSSR count). The van der Waals surface area contributed by atoms with E-state index >= 15 is 0 Å². The average Bonchev–Trinajstić information content (AvgIpc) is 2.33. The lowest BCUT2D eigenvalue weighted by atomic mass is 10.0. The second-order valence-corrected chi connectivity index (χ2v) is 4.10. The maximum absolute atomic E-state index is 9.94. The van der Waals surface area contributed by atoms with E-state index in [1.165, 1.54) is 0 Å². The van der Waals surface area contributed by atoms with Crippen LogP contribution < -0.4 is 0 Å². The third-order valence-electron chi connectivity index (χ3n) is 2.62. The lowest BCUT2D eigenvalue weighted by molar-refractivity contribution is 0.477. The number of rotatable bonds is 2. The number of hydrogen-bond acceptors (Lipinski definition) is 1. The van der Waals surface area contributed by atoms with Crippen LogP contribution in [0.1, 0.15) is 12.5 Å². The van der Waals surface area contributed by atoms with Crippen molar-refractivity contribution in [2.75, 3.05) is 0 Å². The minimum absolute atomic E-state index is 0.157. The Labute approximate surface area is 100 Å². The largest absolute Gasteiger partial charge is 0.506 e. The lowest BCUT2D eigenvalue weighted by Crippen LogP contribution is -1.85. The fraction of sp³-hybridized carbons (Fsp3) is 0.143. The van der Waals surface area contributed by atoms with Gasteiger partial charge in [-0.2, -0.15) is 0 Å².